The molecule has 1 aromatic rings. The second kappa shape index (κ2) is 4.65. The molecule has 4 nitrogen and oxygen atoms in total. The van der Waals surface area contributed by atoms with Crippen LogP contribution in [-0.4, -0.2) is 26.8 Å². The number of rotatable bonds is 4. The molecule has 0 aliphatic heterocycles. The lowest BCUT2D eigenvalue weighted by molar-refractivity contribution is -0.145. The first-order valence-electron chi connectivity index (χ1n) is 5.62. The third kappa shape index (κ3) is 1.95. The van der Waals surface area contributed by atoms with Crippen molar-refractivity contribution in [3.8, 4) is 11.5 Å². The average molecular weight is 236 g/mol. The Kier molecular flexibility index (Phi) is 3.22. The van der Waals surface area contributed by atoms with E-state index < -0.39 is 0 Å². The Bertz CT molecular complexity index is 439. The lowest BCUT2D eigenvalue weighted by Crippen LogP contribution is -2.27. The Hall–Kier alpha value is -1.71. The van der Waals surface area contributed by atoms with E-state index in [2.05, 4.69) is 0 Å². The second-order valence-corrected chi connectivity index (χ2v) is 3.91. The maximum Gasteiger partial charge on any atom is 0.313 e. The van der Waals surface area contributed by atoms with E-state index in [0.717, 1.165) is 11.1 Å². The third-order valence-electron chi connectivity index (χ3n) is 3.02. The normalized spacial score (nSPS) is 16.8. The molecular formula is C13H16O4. The maximum atomic E-state index is 11.6. The van der Waals surface area contributed by atoms with E-state index in [1.165, 1.54) is 0 Å². The van der Waals surface area contributed by atoms with Crippen molar-refractivity contribution in [2.24, 2.45) is 0 Å². The van der Waals surface area contributed by atoms with Gasteiger partial charge in [-0.15, -0.1) is 0 Å². The molecule has 0 aromatic heterocycles. The van der Waals surface area contributed by atoms with Gasteiger partial charge in [0, 0.05) is 0 Å². The minimum absolute atomic E-state index is 0.148. The molecule has 0 amide bonds. The first kappa shape index (κ1) is 11.8. The molecule has 0 spiro atoms. The molecule has 1 unspecified atom stereocenters. The molecule has 0 fully saturated rings. The molecule has 1 aliphatic carbocycles. The van der Waals surface area contributed by atoms with Crippen LogP contribution in [0.1, 0.15) is 24.0 Å². The van der Waals surface area contributed by atoms with Gasteiger partial charge in [0.05, 0.1) is 26.7 Å². The van der Waals surface area contributed by atoms with Crippen molar-refractivity contribution in [2.45, 2.75) is 19.3 Å². The molecule has 1 aliphatic rings. The Balaban J connectivity index is 2.26. The summed E-state index contributed by atoms with van der Waals surface area (Å²) in [6, 6.07) is 3.78. The van der Waals surface area contributed by atoms with Gasteiger partial charge >= 0.3 is 5.97 Å². The summed E-state index contributed by atoms with van der Waals surface area (Å²) in [5, 5.41) is 0. The fraction of sp³-hybridized carbons (Fsp3) is 0.462. The van der Waals surface area contributed by atoms with Crippen molar-refractivity contribution in [2.75, 3.05) is 20.8 Å². The number of methoxy groups -OCH3 is 2. The van der Waals surface area contributed by atoms with Gasteiger partial charge in [-0.1, -0.05) is 0 Å². The summed E-state index contributed by atoms with van der Waals surface area (Å²) < 4.78 is 15.4. The quantitative estimate of drug-likeness (QED) is 0.749. The first-order chi connectivity index (χ1) is 8.21. The topological polar surface area (TPSA) is 44.8 Å². The van der Waals surface area contributed by atoms with Crippen LogP contribution in [-0.2, 0) is 16.0 Å². The van der Waals surface area contributed by atoms with E-state index in [1.54, 1.807) is 14.2 Å². The van der Waals surface area contributed by atoms with Crippen LogP contribution in [0.2, 0.25) is 0 Å². The Morgan fingerprint density at radius 1 is 1.29 bits per heavy atom. The molecule has 2 rings (SSSR count). The Morgan fingerprint density at radius 3 is 2.53 bits per heavy atom. The molecule has 0 N–H and O–H groups in total. The zero-order valence-electron chi connectivity index (χ0n) is 10.3. The average Bonchev–Trinajstić information content (AvgIpc) is 2.30. The van der Waals surface area contributed by atoms with Crippen LogP contribution in [0.15, 0.2) is 12.1 Å². The molecule has 0 heterocycles. The van der Waals surface area contributed by atoms with Crippen molar-refractivity contribution in [3.05, 3.63) is 23.3 Å². The lowest BCUT2D eigenvalue weighted by Gasteiger charge is -2.29. The van der Waals surface area contributed by atoms with Gasteiger partial charge in [0.2, 0.25) is 0 Å². The van der Waals surface area contributed by atoms with Crippen LogP contribution < -0.4 is 9.47 Å². The fourth-order valence-corrected chi connectivity index (χ4v) is 2.09. The van der Waals surface area contributed by atoms with Gasteiger partial charge in [0.25, 0.3) is 0 Å². The van der Waals surface area contributed by atoms with Crippen molar-refractivity contribution in [3.63, 3.8) is 0 Å². The molecule has 0 saturated heterocycles. The summed E-state index contributed by atoms with van der Waals surface area (Å²) in [5.74, 6) is 1.05. The summed E-state index contributed by atoms with van der Waals surface area (Å²) in [4.78, 5) is 11.6. The number of ether oxygens (including phenoxy) is 3. The highest BCUT2D eigenvalue weighted by molar-refractivity contribution is 5.82. The number of hydrogen-bond acceptors (Lipinski definition) is 4. The number of carbonyl (C=O) groups excluding carboxylic acids is 1. The van der Waals surface area contributed by atoms with Crippen LogP contribution in [0, 0.1) is 0 Å². The van der Waals surface area contributed by atoms with Crippen LogP contribution in [0.5, 0.6) is 11.5 Å². The third-order valence-corrected chi connectivity index (χ3v) is 3.02. The van der Waals surface area contributed by atoms with E-state index in [-0.39, 0.29) is 11.9 Å². The molecule has 0 bridgehead atoms. The molecule has 1 aromatic carbocycles. The van der Waals surface area contributed by atoms with E-state index >= 15 is 0 Å². The predicted octanol–water partition coefficient (Wildman–Crippen LogP) is 1.91. The summed E-state index contributed by atoms with van der Waals surface area (Å²) in [5.41, 5.74) is 2.11. The van der Waals surface area contributed by atoms with E-state index in [0.29, 0.717) is 24.5 Å². The summed E-state index contributed by atoms with van der Waals surface area (Å²) >= 11 is 0. The molecule has 17 heavy (non-hydrogen) atoms. The number of esters is 1. The van der Waals surface area contributed by atoms with Crippen LogP contribution in [0.4, 0.5) is 0 Å². The fourth-order valence-electron chi connectivity index (χ4n) is 2.09. The molecular weight excluding hydrogens is 220 g/mol. The number of carbonyl (C=O) groups is 1. The van der Waals surface area contributed by atoms with E-state index in [1.807, 2.05) is 19.1 Å². The summed E-state index contributed by atoms with van der Waals surface area (Å²) in [6.45, 7) is 2.23. The van der Waals surface area contributed by atoms with E-state index in [9.17, 15) is 4.79 Å². The summed E-state index contributed by atoms with van der Waals surface area (Å²) in [7, 11) is 3.19. The van der Waals surface area contributed by atoms with Crippen molar-refractivity contribution < 1.29 is 19.0 Å². The van der Waals surface area contributed by atoms with Gasteiger partial charge in [-0.2, -0.15) is 0 Å². The van der Waals surface area contributed by atoms with E-state index in [4.69, 9.17) is 14.2 Å². The van der Waals surface area contributed by atoms with Crippen molar-refractivity contribution >= 4 is 5.97 Å². The van der Waals surface area contributed by atoms with Crippen molar-refractivity contribution in [1.29, 1.82) is 0 Å². The van der Waals surface area contributed by atoms with Crippen LogP contribution >= 0.6 is 0 Å². The molecule has 92 valence electrons. The molecule has 1 atom stereocenters. The predicted molar refractivity (Wildman–Crippen MR) is 62.6 cm³/mol. The largest absolute Gasteiger partial charge is 0.493 e. The zero-order chi connectivity index (χ0) is 12.4. The monoisotopic (exact) mass is 236 g/mol. The van der Waals surface area contributed by atoms with Gasteiger partial charge in [-0.05, 0) is 36.6 Å². The van der Waals surface area contributed by atoms with Gasteiger partial charge in [0.15, 0.2) is 11.5 Å². The highest BCUT2D eigenvalue weighted by atomic mass is 16.5. The second-order valence-electron chi connectivity index (χ2n) is 3.91. The summed E-state index contributed by atoms with van der Waals surface area (Å²) in [6.07, 6.45) is 0.717. The first-order valence-corrected chi connectivity index (χ1v) is 5.62. The number of fused-ring (bicyclic) bond motifs is 1. The number of hydrogen-bond donors (Lipinski definition) is 0. The van der Waals surface area contributed by atoms with Gasteiger partial charge in [0.1, 0.15) is 0 Å². The van der Waals surface area contributed by atoms with Gasteiger partial charge < -0.3 is 14.2 Å². The zero-order valence-corrected chi connectivity index (χ0v) is 10.3. The molecule has 0 radical (unpaired) electrons. The molecule has 0 saturated carbocycles. The maximum absolute atomic E-state index is 11.6. The van der Waals surface area contributed by atoms with Gasteiger partial charge in [-0.3, -0.25) is 4.79 Å². The smallest absolute Gasteiger partial charge is 0.313 e. The van der Waals surface area contributed by atoms with Crippen molar-refractivity contribution in [1.82, 2.24) is 0 Å². The van der Waals surface area contributed by atoms with Crippen LogP contribution in [0.3, 0.4) is 0 Å². The molecule has 4 heteroatoms. The number of benzene rings is 1. The highest BCUT2D eigenvalue weighted by Crippen LogP contribution is 2.42. The Morgan fingerprint density at radius 2 is 1.94 bits per heavy atom. The minimum Gasteiger partial charge on any atom is -0.493 e. The minimum atomic E-state index is -0.160. The SMILES string of the molecule is CCOC(=O)C1Cc2cc(OC)c(OC)cc21. The lowest BCUT2D eigenvalue weighted by atomic mass is 9.77. The Labute approximate surface area is 100 Å². The van der Waals surface area contributed by atoms with Crippen LogP contribution in [0.25, 0.3) is 0 Å². The highest BCUT2D eigenvalue weighted by Gasteiger charge is 2.34. The standard InChI is InChI=1S/C13H16O4/c1-4-17-13(14)10-5-8-6-11(15-2)12(16-3)7-9(8)10/h6-7,10H,4-5H2,1-3H3. The van der Waals surface area contributed by atoms with Gasteiger partial charge in [-0.25, -0.2) is 0 Å².